The number of piperidine rings is 1. The fourth-order valence-corrected chi connectivity index (χ4v) is 4.93. The van der Waals surface area contributed by atoms with E-state index < -0.39 is 0 Å². The highest BCUT2D eigenvalue weighted by molar-refractivity contribution is 6.07. The van der Waals surface area contributed by atoms with Crippen LogP contribution in [0.4, 0.5) is 11.4 Å². The molecule has 0 saturated carbocycles. The van der Waals surface area contributed by atoms with Crippen LogP contribution in [0.25, 0.3) is 0 Å². The number of likely N-dealkylation sites (N-methyl/N-ethyl adjacent to an activating group) is 2. The zero-order valence-corrected chi connectivity index (χ0v) is 18.4. The maximum absolute atomic E-state index is 12.8. The molecule has 30 heavy (non-hydrogen) atoms. The smallest absolute Gasteiger partial charge is 0.251 e. The molecule has 164 valence electrons. The highest BCUT2D eigenvalue weighted by Gasteiger charge is 2.38. The molecule has 0 radical (unpaired) electrons. The predicted octanol–water partition coefficient (Wildman–Crippen LogP) is 1.78. The minimum Gasteiger partial charge on any atom is -0.358 e. The third-order valence-corrected chi connectivity index (χ3v) is 6.88. The molecule has 0 spiro atoms. The molecule has 7 heteroatoms. The van der Waals surface area contributed by atoms with E-state index in [1.54, 1.807) is 4.90 Å². The maximum atomic E-state index is 12.8. The molecule has 2 saturated heterocycles. The summed E-state index contributed by atoms with van der Waals surface area (Å²) in [6, 6.07) is 5.74. The molecule has 3 aliphatic rings. The number of carbonyl (C=O) groups excluding carboxylic acids is 2. The molecule has 2 amide bonds. The fraction of sp³-hybridized carbons (Fsp3) is 0.652. The maximum Gasteiger partial charge on any atom is 0.251 e. The van der Waals surface area contributed by atoms with Gasteiger partial charge in [-0.2, -0.15) is 0 Å². The largest absolute Gasteiger partial charge is 0.358 e. The summed E-state index contributed by atoms with van der Waals surface area (Å²) in [7, 11) is 1.83. The van der Waals surface area contributed by atoms with Crippen LogP contribution in [-0.2, 0) is 4.79 Å². The number of hydrogen-bond donors (Lipinski definition) is 1. The Morgan fingerprint density at radius 3 is 2.60 bits per heavy atom. The number of benzene rings is 1. The van der Waals surface area contributed by atoms with Gasteiger partial charge < -0.3 is 24.9 Å². The lowest BCUT2D eigenvalue weighted by Gasteiger charge is -2.44. The summed E-state index contributed by atoms with van der Waals surface area (Å²) in [4.78, 5) is 34.4. The highest BCUT2D eigenvalue weighted by atomic mass is 16.2. The van der Waals surface area contributed by atoms with Crippen molar-refractivity contribution in [2.24, 2.45) is 0 Å². The first-order valence-corrected chi connectivity index (χ1v) is 11.5. The Kier molecular flexibility index (Phi) is 6.58. The van der Waals surface area contributed by atoms with Gasteiger partial charge in [0.05, 0.1) is 11.4 Å². The Bertz CT molecular complexity index is 775. The summed E-state index contributed by atoms with van der Waals surface area (Å²) < 4.78 is 0. The summed E-state index contributed by atoms with van der Waals surface area (Å²) in [5.74, 6) is 0.0816. The molecule has 1 aromatic rings. The Morgan fingerprint density at radius 2 is 1.83 bits per heavy atom. The van der Waals surface area contributed by atoms with E-state index in [2.05, 4.69) is 26.9 Å². The van der Waals surface area contributed by atoms with Gasteiger partial charge in [0.2, 0.25) is 5.91 Å². The molecular formula is C23H35N5O2. The van der Waals surface area contributed by atoms with Crippen molar-refractivity contribution >= 4 is 23.2 Å². The number of carbonyl (C=O) groups is 2. The topological polar surface area (TPSA) is 59.1 Å². The number of anilines is 2. The summed E-state index contributed by atoms with van der Waals surface area (Å²) in [6.07, 6.45) is 4.09. The molecule has 0 unspecified atom stereocenters. The van der Waals surface area contributed by atoms with Crippen LogP contribution >= 0.6 is 0 Å². The van der Waals surface area contributed by atoms with Crippen molar-refractivity contribution in [2.45, 2.75) is 38.6 Å². The van der Waals surface area contributed by atoms with E-state index in [9.17, 15) is 9.59 Å². The number of fused-ring (bicyclic) bond motifs is 3. The normalized spacial score (nSPS) is 22.6. The molecule has 1 N–H and O–H groups in total. The van der Waals surface area contributed by atoms with E-state index >= 15 is 0 Å². The first-order valence-electron chi connectivity index (χ1n) is 11.5. The Morgan fingerprint density at radius 1 is 1.07 bits per heavy atom. The molecule has 1 atom stereocenters. The zero-order chi connectivity index (χ0) is 21.1. The Labute approximate surface area is 180 Å². The summed E-state index contributed by atoms with van der Waals surface area (Å²) in [5, 5.41) is 3.05. The Hall–Kier alpha value is -2.12. The van der Waals surface area contributed by atoms with Crippen LogP contribution in [0.5, 0.6) is 0 Å². The third kappa shape index (κ3) is 4.32. The average molecular weight is 414 g/mol. The van der Waals surface area contributed by atoms with Crippen LogP contribution in [0, 0.1) is 0 Å². The first kappa shape index (κ1) is 21.1. The van der Waals surface area contributed by atoms with E-state index in [1.807, 2.05) is 25.2 Å². The summed E-state index contributed by atoms with van der Waals surface area (Å²) in [6.45, 7) is 10.5. The van der Waals surface area contributed by atoms with Gasteiger partial charge in [0.1, 0.15) is 6.04 Å². The van der Waals surface area contributed by atoms with Crippen LogP contribution in [-0.4, -0.2) is 87.1 Å². The van der Waals surface area contributed by atoms with Gasteiger partial charge in [0.15, 0.2) is 0 Å². The van der Waals surface area contributed by atoms with E-state index in [0.717, 1.165) is 82.9 Å². The number of amides is 2. The van der Waals surface area contributed by atoms with Crippen molar-refractivity contribution in [3.8, 4) is 0 Å². The second kappa shape index (κ2) is 9.35. The lowest BCUT2D eigenvalue weighted by atomic mass is 9.96. The molecular weight excluding hydrogens is 378 g/mol. The minimum atomic E-state index is -0.0600. The SMILES string of the molecule is CCN1CCN(CCCNC(=O)c2ccc3c(c2)N(C)C(=O)[C@H]2CCCCN32)CC1. The number of nitrogens with one attached hydrogen (secondary N) is 1. The van der Waals surface area contributed by atoms with E-state index in [-0.39, 0.29) is 17.9 Å². The van der Waals surface area contributed by atoms with Crippen LogP contribution in [0.15, 0.2) is 18.2 Å². The van der Waals surface area contributed by atoms with Gasteiger partial charge in [-0.15, -0.1) is 0 Å². The van der Waals surface area contributed by atoms with Gasteiger partial charge in [-0.1, -0.05) is 6.92 Å². The van der Waals surface area contributed by atoms with Crippen LogP contribution in [0.2, 0.25) is 0 Å². The van der Waals surface area contributed by atoms with Crippen molar-refractivity contribution in [1.29, 1.82) is 0 Å². The highest BCUT2D eigenvalue weighted by Crippen LogP contribution is 2.39. The second-order valence-electron chi connectivity index (χ2n) is 8.69. The Balaban J connectivity index is 1.31. The predicted molar refractivity (Wildman–Crippen MR) is 120 cm³/mol. The van der Waals surface area contributed by atoms with Crippen LogP contribution < -0.4 is 15.1 Å². The van der Waals surface area contributed by atoms with Crippen molar-refractivity contribution in [3.05, 3.63) is 23.8 Å². The lowest BCUT2D eigenvalue weighted by molar-refractivity contribution is -0.120. The van der Waals surface area contributed by atoms with E-state index in [4.69, 9.17) is 0 Å². The standard InChI is InChI=1S/C23H35N5O2/c1-3-26-13-15-27(16-14-26)11-6-10-24-22(29)18-8-9-19-21(17-18)25(2)23(30)20-7-4-5-12-28(19)20/h8-9,17,20H,3-7,10-16H2,1-2H3,(H,24,29)/t20-/m1/s1. The van der Waals surface area contributed by atoms with Crippen molar-refractivity contribution in [1.82, 2.24) is 15.1 Å². The quantitative estimate of drug-likeness (QED) is 0.721. The van der Waals surface area contributed by atoms with E-state index in [1.165, 1.54) is 0 Å². The monoisotopic (exact) mass is 413 g/mol. The second-order valence-corrected chi connectivity index (χ2v) is 8.69. The number of piperazine rings is 1. The number of rotatable bonds is 6. The molecule has 1 aromatic carbocycles. The number of hydrogen-bond acceptors (Lipinski definition) is 5. The molecule has 3 heterocycles. The molecule has 0 aromatic heterocycles. The fourth-order valence-electron chi connectivity index (χ4n) is 4.93. The molecule has 4 rings (SSSR count). The average Bonchev–Trinajstić information content (AvgIpc) is 2.80. The summed E-state index contributed by atoms with van der Waals surface area (Å²) >= 11 is 0. The van der Waals surface area contributed by atoms with Crippen molar-refractivity contribution < 1.29 is 9.59 Å². The van der Waals surface area contributed by atoms with Gasteiger partial charge >= 0.3 is 0 Å². The van der Waals surface area contributed by atoms with Gasteiger partial charge in [0, 0.05) is 51.9 Å². The first-order chi connectivity index (χ1) is 14.6. The van der Waals surface area contributed by atoms with Crippen LogP contribution in [0.1, 0.15) is 43.0 Å². The van der Waals surface area contributed by atoms with Crippen molar-refractivity contribution in [2.75, 3.05) is 69.2 Å². The zero-order valence-electron chi connectivity index (χ0n) is 18.4. The van der Waals surface area contributed by atoms with Crippen LogP contribution in [0.3, 0.4) is 0 Å². The van der Waals surface area contributed by atoms with E-state index in [0.29, 0.717) is 12.1 Å². The van der Waals surface area contributed by atoms with Gasteiger partial charge in [-0.3, -0.25) is 9.59 Å². The lowest BCUT2D eigenvalue weighted by Crippen LogP contribution is -2.54. The molecule has 0 aliphatic carbocycles. The van der Waals surface area contributed by atoms with Gasteiger partial charge in [0.25, 0.3) is 5.91 Å². The minimum absolute atomic E-state index is 0.0462. The molecule has 7 nitrogen and oxygen atoms in total. The number of nitrogens with zero attached hydrogens (tertiary/aromatic N) is 4. The summed E-state index contributed by atoms with van der Waals surface area (Å²) in [5.41, 5.74) is 2.55. The molecule has 0 bridgehead atoms. The van der Waals surface area contributed by atoms with Crippen molar-refractivity contribution in [3.63, 3.8) is 0 Å². The molecule has 2 fully saturated rings. The van der Waals surface area contributed by atoms with Gasteiger partial charge in [-0.25, -0.2) is 0 Å². The van der Waals surface area contributed by atoms with Gasteiger partial charge in [-0.05, 0) is 57.0 Å². The molecule has 3 aliphatic heterocycles. The third-order valence-electron chi connectivity index (χ3n) is 6.88.